The number of benzene rings is 2. The normalized spacial score (nSPS) is 10.8. The summed E-state index contributed by atoms with van der Waals surface area (Å²) in [7, 11) is 0. The minimum Gasteiger partial charge on any atom is -0.460 e. The second-order valence-corrected chi connectivity index (χ2v) is 8.30. The largest absolute Gasteiger partial charge is 0.460 e. The molecule has 0 fully saturated rings. The topological polar surface area (TPSA) is 81.1 Å². The average Bonchev–Trinajstić information content (AvgIpc) is 3.37. The second kappa shape index (κ2) is 9.20. The van der Waals surface area contributed by atoms with Crippen molar-refractivity contribution in [2.24, 2.45) is 0 Å². The number of anilines is 2. The molecule has 0 spiro atoms. The maximum Gasteiger partial charge on any atom is 0.336 e. The number of hydrogen-bond donors (Lipinski definition) is 2. The molecule has 31 heavy (non-hydrogen) atoms. The standard InChI is InChI=1S/C22H20ClN5O2S/c1-14(2)30-22-26-20(19-10-5-11-31-19)28(27-22)18-9-4-8-17(13-18)25-21(29)24-16-7-3-6-15(23)12-16/h3-14H,1-2H3,(H2,24,25,29). The highest BCUT2D eigenvalue weighted by Crippen LogP contribution is 2.28. The molecular formula is C22H20ClN5O2S. The molecule has 0 bridgehead atoms. The quantitative estimate of drug-likeness (QED) is 0.370. The Hall–Kier alpha value is -3.36. The first-order valence-electron chi connectivity index (χ1n) is 9.59. The van der Waals surface area contributed by atoms with Gasteiger partial charge in [0.2, 0.25) is 0 Å². The van der Waals surface area contributed by atoms with Crippen LogP contribution in [0.4, 0.5) is 16.2 Å². The van der Waals surface area contributed by atoms with Gasteiger partial charge in [0.25, 0.3) is 0 Å². The summed E-state index contributed by atoms with van der Waals surface area (Å²) in [6.07, 6.45) is -0.0461. The Morgan fingerprint density at radius 2 is 1.81 bits per heavy atom. The first-order chi connectivity index (χ1) is 15.0. The molecule has 2 N–H and O–H groups in total. The minimum absolute atomic E-state index is 0.0461. The van der Waals surface area contributed by atoms with Gasteiger partial charge in [-0.1, -0.05) is 29.8 Å². The van der Waals surface area contributed by atoms with Gasteiger partial charge in [0.05, 0.1) is 16.7 Å². The van der Waals surface area contributed by atoms with Crippen LogP contribution in [0.3, 0.4) is 0 Å². The number of ether oxygens (including phenoxy) is 1. The van der Waals surface area contributed by atoms with Gasteiger partial charge in [-0.3, -0.25) is 0 Å². The van der Waals surface area contributed by atoms with Gasteiger partial charge in [-0.2, -0.15) is 4.98 Å². The van der Waals surface area contributed by atoms with Gasteiger partial charge in [0.1, 0.15) is 0 Å². The number of halogens is 1. The number of nitrogens with zero attached hydrogens (tertiary/aromatic N) is 3. The van der Waals surface area contributed by atoms with Gasteiger partial charge in [-0.05, 0) is 61.7 Å². The third-order valence-electron chi connectivity index (χ3n) is 4.10. The van der Waals surface area contributed by atoms with Crippen LogP contribution in [-0.4, -0.2) is 26.9 Å². The van der Waals surface area contributed by atoms with Gasteiger partial charge in [-0.15, -0.1) is 16.4 Å². The Labute approximate surface area is 188 Å². The van der Waals surface area contributed by atoms with Crippen molar-refractivity contribution in [3.8, 4) is 22.4 Å². The first-order valence-corrected chi connectivity index (χ1v) is 10.9. The zero-order chi connectivity index (χ0) is 21.8. The Morgan fingerprint density at radius 3 is 2.48 bits per heavy atom. The fourth-order valence-corrected chi connectivity index (χ4v) is 3.76. The molecule has 2 aromatic heterocycles. The molecule has 0 aliphatic carbocycles. The van der Waals surface area contributed by atoms with E-state index in [0.717, 1.165) is 10.6 Å². The van der Waals surface area contributed by atoms with Crippen LogP contribution in [0.5, 0.6) is 6.01 Å². The van der Waals surface area contributed by atoms with E-state index in [1.165, 1.54) is 0 Å². The van der Waals surface area contributed by atoms with Gasteiger partial charge in [-0.25, -0.2) is 9.48 Å². The number of urea groups is 1. The number of carbonyl (C=O) groups is 1. The van der Waals surface area contributed by atoms with Crippen molar-refractivity contribution in [3.63, 3.8) is 0 Å². The predicted molar refractivity (Wildman–Crippen MR) is 125 cm³/mol. The Balaban J connectivity index is 1.59. The van der Waals surface area contributed by atoms with E-state index >= 15 is 0 Å². The van der Waals surface area contributed by atoms with E-state index in [4.69, 9.17) is 16.3 Å². The fraction of sp³-hybridized carbons (Fsp3) is 0.136. The molecule has 0 saturated carbocycles. The molecule has 0 atom stereocenters. The molecule has 0 unspecified atom stereocenters. The fourth-order valence-electron chi connectivity index (χ4n) is 2.87. The lowest BCUT2D eigenvalue weighted by Crippen LogP contribution is -2.19. The molecule has 0 radical (unpaired) electrons. The predicted octanol–water partition coefficient (Wildman–Crippen LogP) is 6.08. The van der Waals surface area contributed by atoms with Gasteiger partial charge < -0.3 is 15.4 Å². The second-order valence-electron chi connectivity index (χ2n) is 6.91. The third-order valence-corrected chi connectivity index (χ3v) is 5.20. The van der Waals surface area contributed by atoms with E-state index in [9.17, 15) is 4.79 Å². The molecule has 0 aliphatic heterocycles. The highest BCUT2D eigenvalue weighted by atomic mass is 35.5. The average molecular weight is 454 g/mol. The summed E-state index contributed by atoms with van der Waals surface area (Å²) < 4.78 is 7.41. The summed E-state index contributed by atoms with van der Waals surface area (Å²) in [6, 6.07) is 18.2. The van der Waals surface area contributed by atoms with Crippen LogP contribution in [0, 0.1) is 0 Å². The number of nitrogens with one attached hydrogen (secondary N) is 2. The Bertz CT molecular complexity index is 1190. The molecule has 4 aromatic rings. The van der Waals surface area contributed by atoms with Crippen molar-refractivity contribution in [1.82, 2.24) is 14.8 Å². The van der Waals surface area contributed by atoms with Crippen LogP contribution in [0.25, 0.3) is 16.4 Å². The molecular weight excluding hydrogens is 434 g/mol. The Morgan fingerprint density at radius 1 is 1.06 bits per heavy atom. The van der Waals surface area contributed by atoms with Crippen molar-refractivity contribution in [2.45, 2.75) is 20.0 Å². The molecule has 0 saturated heterocycles. The zero-order valence-electron chi connectivity index (χ0n) is 16.9. The van der Waals surface area contributed by atoms with Crippen LogP contribution in [0.2, 0.25) is 5.02 Å². The number of rotatable bonds is 6. The van der Waals surface area contributed by atoms with Crippen molar-refractivity contribution in [3.05, 3.63) is 71.1 Å². The molecule has 158 valence electrons. The Kier molecular flexibility index (Phi) is 6.20. The molecule has 0 aliphatic rings. The highest BCUT2D eigenvalue weighted by molar-refractivity contribution is 7.13. The number of hydrogen-bond acceptors (Lipinski definition) is 5. The molecule has 7 nitrogen and oxygen atoms in total. The van der Waals surface area contributed by atoms with Crippen LogP contribution >= 0.6 is 22.9 Å². The molecule has 9 heteroatoms. The van der Waals surface area contributed by atoms with Crippen molar-refractivity contribution in [1.29, 1.82) is 0 Å². The lowest BCUT2D eigenvalue weighted by atomic mass is 10.2. The van der Waals surface area contributed by atoms with Crippen molar-refractivity contribution >= 4 is 40.3 Å². The monoisotopic (exact) mass is 453 g/mol. The summed E-state index contributed by atoms with van der Waals surface area (Å²) in [4.78, 5) is 17.9. The summed E-state index contributed by atoms with van der Waals surface area (Å²) in [5.74, 6) is 0.672. The maximum atomic E-state index is 12.4. The van der Waals surface area contributed by atoms with E-state index in [2.05, 4.69) is 20.7 Å². The maximum absolute atomic E-state index is 12.4. The van der Waals surface area contributed by atoms with Crippen molar-refractivity contribution < 1.29 is 9.53 Å². The lowest BCUT2D eigenvalue weighted by molar-refractivity contribution is 0.222. The number of thiophene rings is 1. The van der Waals surface area contributed by atoms with E-state index in [0.29, 0.717) is 28.2 Å². The SMILES string of the molecule is CC(C)Oc1nc(-c2cccs2)n(-c2cccc(NC(=O)Nc3cccc(Cl)c3)c2)n1. The van der Waals surface area contributed by atoms with E-state index < -0.39 is 0 Å². The number of amides is 2. The molecule has 2 amide bonds. The number of carbonyl (C=O) groups excluding carboxylic acids is 1. The summed E-state index contributed by atoms with van der Waals surface area (Å²) in [5.41, 5.74) is 1.96. The van der Waals surface area contributed by atoms with Gasteiger partial charge >= 0.3 is 12.0 Å². The van der Waals surface area contributed by atoms with E-state index in [1.807, 2.05) is 49.6 Å². The highest BCUT2D eigenvalue weighted by Gasteiger charge is 2.17. The number of aromatic nitrogens is 3. The van der Waals surface area contributed by atoms with Crippen LogP contribution < -0.4 is 15.4 Å². The van der Waals surface area contributed by atoms with Gasteiger partial charge in [0.15, 0.2) is 5.82 Å². The zero-order valence-corrected chi connectivity index (χ0v) is 18.4. The first kappa shape index (κ1) is 20.9. The lowest BCUT2D eigenvalue weighted by Gasteiger charge is -2.10. The molecule has 2 heterocycles. The minimum atomic E-state index is -0.375. The summed E-state index contributed by atoms with van der Waals surface area (Å²) >= 11 is 7.54. The summed E-state index contributed by atoms with van der Waals surface area (Å²) in [5, 5.41) is 12.6. The molecule has 2 aromatic carbocycles. The van der Waals surface area contributed by atoms with Gasteiger partial charge in [0, 0.05) is 16.4 Å². The molecule has 4 rings (SSSR count). The van der Waals surface area contributed by atoms with E-state index in [-0.39, 0.29) is 12.1 Å². The van der Waals surface area contributed by atoms with Crippen LogP contribution in [0.15, 0.2) is 66.0 Å². The third kappa shape index (κ3) is 5.22. The smallest absolute Gasteiger partial charge is 0.336 e. The van der Waals surface area contributed by atoms with Crippen LogP contribution in [0.1, 0.15) is 13.8 Å². The summed E-state index contributed by atoms with van der Waals surface area (Å²) in [6.45, 7) is 3.85. The van der Waals surface area contributed by atoms with Crippen LogP contribution in [-0.2, 0) is 0 Å². The van der Waals surface area contributed by atoms with E-state index in [1.54, 1.807) is 46.4 Å². The van der Waals surface area contributed by atoms with Crippen molar-refractivity contribution in [2.75, 3.05) is 10.6 Å².